The third-order valence-electron chi connectivity index (χ3n) is 4.62. The Bertz CT molecular complexity index is 1250. The number of nitrogens with zero attached hydrogens (tertiary/aromatic N) is 3. The van der Waals surface area contributed by atoms with Crippen LogP contribution in [-0.4, -0.2) is 23.8 Å². The number of hydrazone groups is 1. The first kappa shape index (κ1) is 17.9. The molecule has 3 aromatic carbocycles. The van der Waals surface area contributed by atoms with E-state index in [0.29, 0.717) is 17.3 Å². The number of amidine groups is 1. The molecule has 0 aliphatic carbocycles. The maximum absolute atomic E-state index is 5.42. The Hall–Kier alpha value is -4.19. The lowest BCUT2D eigenvalue weighted by Crippen LogP contribution is -2.20. The van der Waals surface area contributed by atoms with Gasteiger partial charge in [-0.25, -0.2) is 9.98 Å². The van der Waals surface area contributed by atoms with Crippen LogP contribution in [0.1, 0.15) is 11.3 Å². The summed E-state index contributed by atoms with van der Waals surface area (Å²) >= 11 is 0. The lowest BCUT2D eigenvalue weighted by atomic mass is 10.2. The summed E-state index contributed by atoms with van der Waals surface area (Å²) in [6, 6.07) is 27.3. The highest BCUT2D eigenvalue weighted by atomic mass is 16.7. The minimum absolute atomic E-state index is 0.246. The van der Waals surface area contributed by atoms with Gasteiger partial charge in [0.25, 0.3) is 0 Å². The number of para-hydroxylation sites is 2. The molecule has 4 aromatic rings. The van der Waals surface area contributed by atoms with E-state index in [1.165, 1.54) is 0 Å². The summed E-state index contributed by atoms with van der Waals surface area (Å²) in [7, 11) is 0. The number of aromatic nitrogens is 1. The summed E-state index contributed by atoms with van der Waals surface area (Å²) in [5.74, 6) is 2.02. The smallest absolute Gasteiger partial charge is 0.231 e. The Morgan fingerprint density at radius 3 is 2.63 bits per heavy atom. The van der Waals surface area contributed by atoms with E-state index >= 15 is 0 Å². The van der Waals surface area contributed by atoms with Crippen LogP contribution in [0.15, 0.2) is 95.0 Å². The van der Waals surface area contributed by atoms with Crippen LogP contribution in [-0.2, 0) is 0 Å². The summed E-state index contributed by atoms with van der Waals surface area (Å²) in [6.45, 7) is 0.246. The average Bonchev–Trinajstić information content (AvgIpc) is 3.27. The fraction of sp³-hybridized carbons (Fsp3) is 0.0417. The highest BCUT2D eigenvalue weighted by Crippen LogP contribution is 2.31. The number of fused-ring (bicyclic) bond motifs is 2. The van der Waals surface area contributed by atoms with E-state index < -0.39 is 0 Å². The lowest BCUT2D eigenvalue weighted by Gasteiger charge is -2.07. The van der Waals surface area contributed by atoms with Crippen molar-refractivity contribution in [1.82, 2.24) is 10.4 Å². The van der Waals surface area contributed by atoms with Crippen molar-refractivity contribution in [2.24, 2.45) is 10.1 Å². The number of benzene rings is 3. The molecule has 6 nitrogen and oxygen atoms in total. The Labute approximate surface area is 173 Å². The molecule has 0 unspecified atom stereocenters. The molecule has 146 valence electrons. The Balaban J connectivity index is 1.45. The van der Waals surface area contributed by atoms with Crippen LogP contribution in [0, 0.1) is 0 Å². The molecule has 0 atom stereocenters. The molecule has 1 N–H and O–H groups in total. The number of pyridine rings is 1. The molecular weight excluding hydrogens is 376 g/mol. The molecule has 0 fully saturated rings. The van der Waals surface area contributed by atoms with Crippen molar-refractivity contribution in [3.63, 3.8) is 0 Å². The lowest BCUT2D eigenvalue weighted by molar-refractivity contribution is 0.174. The van der Waals surface area contributed by atoms with Crippen molar-refractivity contribution in [2.45, 2.75) is 0 Å². The summed E-state index contributed by atoms with van der Waals surface area (Å²) in [5.41, 5.74) is 6.36. The minimum Gasteiger partial charge on any atom is -0.454 e. The molecule has 0 saturated heterocycles. The van der Waals surface area contributed by atoms with Crippen molar-refractivity contribution in [3.05, 3.63) is 96.2 Å². The van der Waals surface area contributed by atoms with Gasteiger partial charge in [-0.1, -0.05) is 42.5 Å². The van der Waals surface area contributed by atoms with Crippen molar-refractivity contribution in [3.8, 4) is 11.5 Å². The predicted molar refractivity (Wildman–Crippen MR) is 118 cm³/mol. The maximum Gasteiger partial charge on any atom is 0.231 e. The summed E-state index contributed by atoms with van der Waals surface area (Å²) in [5, 5.41) is 5.45. The van der Waals surface area contributed by atoms with E-state index in [-0.39, 0.29) is 6.79 Å². The molecule has 0 bridgehead atoms. The first-order valence-corrected chi connectivity index (χ1v) is 9.54. The SMILES string of the molecule is C(=NNC(=Nc1ccccc1)c1ccc2ccccc2n1)c1ccc2c(c1)OCO2. The summed E-state index contributed by atoms with van der Waals surface area (Å²) < 4.78 is 10.8. The van der Waals surface area contributed by atoms with Crippen LogP contribution in [0.5, 0.6) is 11.5 Å². The third-order valence-corrected chi connectivity index (χ3v) is 4.62. The first-order valence-electron chi connectivity index (χ1n) is 9.54. The van der Waals surface area contributed by atoms with Gasteiger partial charge < -0.3 is 9.47 Å². The van der Waals surface area contributed by atoms with Gasteiger partial charge >= 0.3 is 0 Å². The van der Waals surface area contributed by atoms with Crippen LogP contribution >= 0.6 is 0 Å². The molecule has 6 heteroatoms. The van der Waals surface area contributed by atoms with Gasteiger partial charge in [0.15, 0.2) is 17.3 Å². The van der Waals surface area contributed by atoms with Gasteiger partial charge in [-0.2, -0.15) is 5.10 Å². The Morgan fingerprint density at radius 1 is 0.867 bits per heavy atom. The van der Waals surface area contributed by atoms with Crippen LogP contribution in [0.2, 0.25) is 0 Å². The van der Waals surface area contributed by atoms with E-state index in [2.05, 4.69) is 10.5 Å². The van der Waals surface area contributed by atoms with Crippen LogP contribution in [0.25, 0.3) is 10.9 Å². The molecule has 0 radical (unpaired) electrons. The van der Waals surface area contributed by atoms with Crippen LogP contribution in [0.4, 0.5) is 5.69 Å². The molecule has 1 aliphatic rings. The second kappa shape index (κ2) is 8.05. The fourth-order valence-corrected chi connectivity index (χ4v) is 3.13. The topological polar surface area (TPSA) is 68.1 Å². The van der Waals surface area contributed by atoms with E-state index in [9.17, 15) is 0 Å². The van der Waals surface area contributed by atoms with Crippen LogP contribution < -0.4 is 14.9 Å². The van der Waals surface area contributed by atoms with Crippen molar-refractivity contribution in [2.75, 3.05) is 6.79 Å². The van der Waals surface area contributed by atoms with Crippen molar-refractivity contribution in [1.29, 1.82) is 0 Å². The molecular formula is C24H18N4O2. The Morgan fingerprint density at radius 2 is 1.70 bits per heavy atom. The number of hydrogen-bond donors (Lipinski definition) is 1. The second-order valence-corrected chi connectivity index (χ2v) is 6.67. The van der Waals surface area contributed by atoms with Gasteiger partial charge in [0, 0.05) is 5.39 Å². The second-order valence-electron chi connectivity index (χ2n) is 6.67. The monoisotopic (exact) mass is 394 g/mol. The molecule has 5 rings (SSSR count). The molecule has 0 spiro atoms. The molecule has 0 amide bonds. The van der Waals surface area contributed by atoms with Gasteiger partial charge in [0.1, 0.15) is 5.69 Å². The molecule has 0 saturated carbocycles. The molecule has 30 heavy (non-hydrogen) atoms. The first-order chi connectivity index (χ1) is 14.8. The highest BCUT2D eigenvalue weighted by molar-refractivity contribution is 6.00. The zero-order chi connectivity index (χ0) is 20.2. The summed E-state index contributed by atoms with van der Waals surface area (Å²) in [4.78, 5) is 9.45. The number of hydrogen-bond acceptors (Lipinski definition) is 5. The van der Waals surface area contributed by atoms with Gasteiger partial charge in [-0.3, -0.25) is 5.43 Å². The van der Waals surface area contributed by atoms with E-state index in [0.717, 1.165) is 27.9 Å². The molecule has 1 aromatic heterocycles. The predicted octanol–water partition coefficient (Wildman–Crippen LogP) is 4.67. The molecule has 1 aliphatic heterocycles. The maximum atomic E-state index is 5.42. The summed E-state index contributed by atoms with van der Waals surface area (Å²) in [6.07, 6.45) is 1.71. The number of aliphatic imine (C=N–C) groups is 1. The zero-order valence-electron chi connectivity index (χ0n) is 16.0. The minimum atomic E-state index is 0.246. The third kappa shape index (κ3) is 3.84. The van der Waals surface area contributed by atoms with E-state index in [1.807, 2.05) is 84.9 Å². The van der Waals surface area contributed by atoms with Gasteiger partial charge in [-0.05, 0) is 48.0 Å². The number of rotatable bonds is 4. The van der Waals surface area contributed by atoms with Gasteiger partial charge in [-0.15, -0.1) is 0 Å². The molecule has 2 heterocycles. The van der Waals surface area contributed by atoms with Gasteiger partial charge in [0.05, 0.1) is 17.4 Å². The van der Waals surface area contributed by atoms with E-state index in [4.69, 9.17) is 19.5 Å². The van der Waals surface area contributed by atoms with Crippen molar-refractivity contribution >= 4 is 28.6 Å². The van der Waals surface area contributed by atoms with E-state index in [1.54, 1.807) is 6.21 Å². The largest absolute Gasteiger partial charge is 0.454 e. The normalized spacial score (nSPS) is 13.1. The Kier molecular flexibility index (Phi) is 4.79. The zero-order valence-corrected chi connectivity index (χ0v) is 16.0. The average molecular weight is 394 g/mol. The number of ether oxygens (including phenoxy) is 2. The standard InChI is InChI=1S/C24H18N4O2/c1-2-7-19(8-3-1)26-24(21-12-11-18-6-4-5-9-20(18)27-21)28-25-15-17-10-13-22-23(14-17)30-16-29-22/h1-15H,16H2,(H,26,28). The van der Waals surface area contributed by atoms with Crippen LogP contribution in [0.3, 0.4) is 0 Å². The van der Waals surface area contributed by atoms with Crippen molar-refractivity contribution < 1.29 is 9.47 Å². The fourth-order valence-electron chi connectivity index (χ4n) is 3.13. The van der Waals surface area contributed by atoms with Gasteiger partial charge in [0.2, 0.25) is 6.79 Å². The highest BCUT2D eigenvalue weighted by Gasteiger charge is 2.12. The number of nitrogens with one attached hydrogen (secondary N) is 1. The quantitative estimate of drug-likeness (QED) is 0.310.